The average molecular weight is 609 g/mol. The Hall–Kier alpha value is -2.68. The van der Waals surface area contributed by atoms with Crippen LogP contribution in [0, 0.1) is 11.8 Å². The van der Waals surface area contributed by atoms with E-state index in [0.717, 1.165) is 66.5 Å². The van der Waals surface area contributed by atoms with Crippen molar-refractivity contribution in [1.29, 1.82) is 0 Å². The number of fused-ring (bicyclic) bond motifs is 6. The molecule has 1 spiro atoms. The molecule has 3 aromatic rings. The molecule has 7 rings (SSSR count). The molecule has 3 atom stereocenters. The highest BCUT2D eigenvalue weighted by Gasteiger charge is 2.44. The van der Waals surface area contributed by atoms with Crippen LogP contribution in [-0.2, 0) is 32.9 Å². The van der Waals surface area contributed by atoms with Gasteiger partial charge in [-0.2, -0.15) is 0 Å². The van der Waals surface area contributed by atoms with Crippen LogP contribution in [0.2, 0.25) is 5.02 Å². The highest BCUT2D eigenvalue weighted by molar-refractivity contribution is 7.98. The number of rotatable bonds is 0. The number of anilines is 1. The average Bonchev–Trinajstić information content (AvgIpc) is 3.10. The zero-order valence-corrected chi connectivity index (χ0v) is 25.2. The molecule has 41 heavy (non-hydrogen) atoms. The van der Waals surface area contributed by atoms with Crippen LogP contribution >= 0.6 is 23.5 Å². The van der Waals surface area contributed by atoms with E-state index in [1.54, 1.807) is 18.2 Å². The van der Waals surface area contributed by atoms with E-state index < -0.39 is 9.84 Å². The van der Waals surface area contributed by atoms with Gasteiger partial charge < -0.3 is 9.64 Å². The number of aryl methyl sites for hydroxylation is 1. The van der Waals surface area contributed by atoms with Gasteiger partial charge in [0, 0.05) is 28.4 Å². The molecule has 2 aliphatic carbocycles. The summed E-state index contributed by atoms with van der Waals surface area (Å²) in [6.07, 6.45) is 5.13. The number of nitrogens with one attached hydrogen (secondary N) is 1. The lowest BCUT2D eigenvalue weighted by Crippen LogP contribution is -2.49. The largest absolute Gasteiger partial charge is 0.490 e. The zero-order chi connectivity index (χ0) is 28.2. The van der Waals surface area contributed by atoms with Gasteiger partial charge in [0.1, 0.15) is 5.75 Å². The van der Waals surface area contributed by atoms with Crippen molar-refractivity contribution in [3.8, 4) is 5.75 Å². The second-order valence-electron chi connectivity index (χ2n) is 12.1. The third-order valence-corrected chi connectivity index (χ3v) is 12.3. The lowest BCUT2D eigenvalue weighted by molar-refractivity contribution is -0.118. The predicted octanol–water partition coefficient (Wildman–Crippen LogP) is 5.99. The van der Waals surface area contributed by atoms with E-state index in [0.29, 0.717) is 17.1 Å². The van der Waals surface area contributed by atoms with Crippen molar-refractivity contribution < 1.29 is 17.9 Å². The highest BCUT2D eigenvalue weighted by Crippen LogP contribution is 2.47. The molecular formula is C32H33ClN2O4S2. The van der Waals surface area contributed by atoms with Crippen molar-refractivity contribution in [3.05, 3.63) is 82.4 Å². The third kappa shape index (κ3) is 5.23. The Labute approximate surface area is 250 Å². The summed E-state index contributed by atoms with van der Waals surface area (Å²) in [5.41, 5.74) is 4.12. The second kappa shape index (κ2) is 10.5. The monoisotopic (exact) mass is 608 g/mol. The van der Waals surface area contributed by atoms with Crippen LogP contribution in [0.5, 0.6) is 5.75 Å². The Morgan fingerprint density at radius 3 is 2.78 bits per heavy atom. The summed E-state index contributed by atoms with van der Waals surface area (Å²) in [5.74, 6) is 1.16. The van der Waals surface area contributed by atoms with Crippen LogP contribution in [0.4, 0.5) is 5.69 Å². The van der Waals surface area contributed by atoms with Gasteiger partial charge in [-0.15, -0.1) is 0 Å². The van der Waals surface area contributed by atoms with Crippen LogP contribution in [0.15, 0.2) is 70.5 Å². The van der Waals surface area contributed by atoms with Crippen molar-refractivity contribution in [3.63, 3.8) is 0 Å². The van der Waals surface area contributed by atoms with E-state index in [2.05, 4.69) is 27.8 Å². The first kappa shape index (κ1) is 27.2. The van der Waals surface area contributed by atoms with Crippen LogP contribution in [0.1, 0.15) is 42.4 Å². The number of hydrogen-bond acceptors (Lipinski definition) is 6. The SMILES string of the molecule is O=C1Cc2cccc(c2)S(=O)(=O)C[C@@H]2CC[C@H]2CN2C[C@@]3(CCCc4cc(Cl)ccc43)COc3ccc(cc32)SN1. The number of halogens is 1. The van der Waals surface area contributed by atoms with Crippen molar-refractivity contribution >= 4 is 45.0 Å². The minimum Gasteiger partial charge on any atom is -0.490 e. The van der Waals surface area contributed by atoms with Gasteiger partial charge in [-0.05, 0) is 115 Å². The second-order valence-corrected chi connectivity index (χ2v) is 15.4. The summed E-state index contributed by atoms with van der Waals surface area (Å²) in [4.78, 5) is 16.5. The van der Waals surface area contributed by atoms with Gasteiger partial charge in [0.2, 0.25) is 5.91 Å². The molecule has 2 heterocycles. The van der Waals surface area contributed by atoms with Gasteiger partial charge in [-0.1, -0.05) is 29.8 Å². The van der Waals surface area contributed by atoms with E-state index in [9.17, 15) is 13.2 Å². The number of amides is 1. The van der Waals surface area contributed by atoms with E-state index in [-0.39, 0.29) is 35.3 Å². The molecule has 0 saturated heterocycles. The Morgan fingerprint density at radius 2 is 1.93 bits per heavy atom. The number of nitrogens with zero attached hydrogens (tertiary/aromatic N) is 1. The first-order chi connectivity index (χ1) is 19.8. The molecule has 2 aliphatic heterocycles. The van der Waals surface area contributed by atoms with Gasteiger partial charge >= 0.3 is 0 Å². The summed E-state index contributed by atoms with van der Waals surface area (Å²) in [6, 6.07) is 19.2. The van der Waals surface area contributed by atoms with Gasteiger partial charge in [-0.3, -0.25) is 9.52 Å². The molecule has 1 saturated carbocycles. The molecule has 9 heteroatoms. The molecule has 4 aliphatic rings. The van der Waals surface area contributed by atoms with Gasteiger partial charge in [-0.25, -0.2) is 8.42 Å². The lowest BCUT2D eigenvalue weighted by atomic mass is 9.69. The normalized spacial score (nSPS) is 27.0. The Morgan fingerprint density at radius 1 is 1.05 bits per heavy atom. The van der Waals surface area contributed by atoms with Crippen LogP contribution in [0.3, 0.4) is 0 Å². The van der Waals surface area contributed by atoms with E-state index in [1.807, 2.05) is 24.3 Å². The summed E-state index contributed by atoms with van der Waals surface area (Å²) in [7, 11) is -3.48. The van der Waals surface area contributed by atoms with Crippen molar-refractivity contribution in [2.24, 2.45) is 11.8 Å². The molecule has 3 aromatic carbocycles. The van der Waals surface area contributed by atoms with Gasteiger partial charge in [0.05, 0.1) is 29.4 Å². The predicted molar refractivity (Wildman–Crippen MR) is 163 cm³/mol. The summed E-state index contributed by atoms with van der Waals surface area (Å²) in [5, 5.41) is 0.761. The highest BCUT2D eigenvalue weighted by atomic mass is 35.5. The zero-order valence-electron chi connectivity index (χ0n) is 22.8. The molecule has 1 N–H and O–H groups in total. The van der Waals surface area contributed by atoms with Crippen LogP contribution in [-0.4, -0.2) is 39.8 Å². The molecule has 0 unspecified atom stereocenters. The number of carbonyl (C=O) groups excluding carboxylic acids is 1. The van der Waals surface area contributed by atoms with Crippen LogP contribution < -0.4 is 14.4 Å². The maximum Gasteiger partial charge on any atom is 0.234 e. The summed E-state index contributed by atoms with van der Waals surface area (Å²) < 4.78 is 36.5. The topological polar surface area (TPSA) is 75.7 Å². The minimum atomic E-state index is -3.48. The molecule has 4 bridgehead atoms. The Kier molecular flexibility index (Phi) is 6.99. The molecule has 1 amide bonds. The fraction of sp³-hybridized carbons (Fsp3) is 0.406. The molecule has 1 fully saturated rings. The smallest absolute Gasteiger partial charge is 0.234 e. The lowest BCUT2D eigenvalue weighted by Gasteiger charge is -2.44. The first-order valence-corrected chi connectivity index (χ1v) is 17.2. The molecular weight excluding hydrogens is 576 g/mol. The summed E-state index contributed by atoms with van der Waals surface area (Å²) in [6.45, 7) is 2.13. The fourth-order valence-corrected chi connectivity index (χ4v) is 9.72. The molecule has 0 radical (unpaired) electrons. The van der Waals surface area contributed by atoms with E-state index >= 15 is 0 Å². The quantitative estimate of drug-likeness (QED) is 0.316. The maximum atomic E-state index is 13.5. The van der Waals surface area contributed by atoms with Gasteiger partial charge in [0.25, 0.3) is 0 Å². The fourth-order valence-electron chi connectivity index (χ4n) is 7.10. The van der Waals surface area contributed by atoms with E-state index in [4.69, 9.17) is 16.3 Å². The molecule has 6 nitrogen and oxygen atoms in total. The number of hydrogen-bond donors (Lipinski definition) is 1. The molecule has 0 aromatic heterocycles. The molecule has 214 valence electrons. The van der Waals surface area contributed by atoms with Crippen LogP contribution in [0.25, 0.3) is 0 Å². The van der Waals surface area contributed by atoms with Gasteiger partial charge in [0.15, 0.2) is 9.84 Å². The Balaban J connectivity index is 1.28. The van der Waals surface area contributed by atoms with Crippen molar-refractivity contribution in [2.75, 3.05) is 30.3 Å². The number of sulfone groups is 1. The Bertz CT molecular complexity index is 1630. The number of ether oxygens (including phenoxy) is 1. The standard InChI is InChI=1S/C32H33ClN2O4S2/c33-25-8-10-28-22(15-25)4-2-12-32(28)19-35-17-23-6-7-24(23)18-41(37,38)27-5-1-3-21(13-27)14-31(36)34-40-26-9-11-30(39-20-32)29(35)16-26/h1,3,5,8-11,13,15-16,23-24H,2,4,6-7,12,14,17-20H2,(H,34,36)/t23-,24-,32-/m0/s1. The van der Waals surface area contributed by atoms with E-state index in [1.165, 1.54) is 23.1 Å². The third-order valence-electron chi connectivity index (χ3n) is 9.38. The van der Waals surface area contributed by atoms with Crippen molar-refractivity contribution in [2.45, 2.75) is 53.7 Å². The first-order valence-electron chi connectivity index (χ1n) is 14.4. The van der Waals surface area contributed by atoms with Crippen molar-refractivity contribution in [1.82, 2.24) is 4.72 Å². The summed E-state index contributed by atoms with van der Waals surface area (Å²) >= 11 is 7.69. The maximum absolute atomic E-state index is 13.5. The number of benzene rings is 3. The minimum absolute atomic E-state index is 0.0958. The number of carbonyl (C=O) groups is 1.